The summed E-state index contributed by atoms with van der Waals surface area (Å²) in [6.07, 6.45) is -0.501. The second-order valence-corrected chi connectivity index (χ2v) is 3.01. The Morgan fingerprint density at radius 1 is 1.70 bits per heavy atom. The van der Waals surface area contributed by atoms with Crippen LogP contribution in [0.1, 0.15) is 20.3 Å². The maximum atomic E-state index is 9.33. The van der Waals surface area contributed by atoms with E-state index < -0.39 is 17.8 Å². The molecular formula is C7H14O3. The first-order valence-corrected chi connectivity index (χ1v) is 3.57. The van der Waals surface area contributed by atoms with Crippen molar-refractivity contribution in [2.24, 2.45) is 0 Å². The first kappa shape index (κ1) is 7.98. The molecule has 0 bridgehead atoms. The Morgan fingerprint density at radius 3 is 2.50 bits per heavy atom. The molecular weight excluding hydrogens is 132 g/mol. The Balaban J connectivity index is 2.66. The predicted molar refractivity (Wildman–Crippen MR) is 36.7 cm³/mol. The van der Waals surface area contributed by atoms with Gasteiger partial charge in [-0.05, 0) is 20.3 Å². The summed E-state index contributed by atoms with van der Waals surface area (Å²) in [5, 5.41) is 18.5. The molecule has 1 heterocycles. The van der Waals surface area contributed by atoms with Gasteiger partial charge in [0.2, 0.25) is 0 Å². The molecule has 0 saturated carbocycles. The van der Waals surface area contributed by atoms with Crippen molar-refractivity contribution in [3.8, 4) is 0 Å². The Morgan fingerprint density at radius 2 is 2.30 bits per heavy atom. The van der Waals surface area contributed by atoms with Crippen molar-refractivity contribution < 1.29 is 14.9 Å². The number of aliphatic hydroxyl groups excluding tert-OH is 2. The van der Waals surface area contributed by atoms with E-state index in [0.29, 0.717) is 13.0 Å². The summed E-state index contributed by atoms with van der Waals surface area (Å²) in [5.74, 6) is 0. The van der Waals surface area contributed by atoms with E-state index in [1.807, 2.05) is 0 Å². The zero-order valence-corrected chi connectivity index (χ0v) is 6.37. The number of hydrogen-bond donors (Lipinski definition) is 2. The van der Waals surface area contributed by atoms with Crippen molar-refractivity contribution in [2.75, 3.05) is 6.61 Å². The Kier molecular flexibility index (Phi) is 1.99. The summed E-state index contributed by atoms with van der Waals surface area (Å²) in [6.45, 7) is 3.91. The maximum absolute atomic E-state index is 9.33. The Hall–Kier alpha value is -0.120. The van der Waals surface area contributed by atoms with Crippen molar-refractivity contribution >= 4 is 0 Å². The van der Waals surface area contributed by atoms with Crippen LogP contribution in [0.4, 0.5) is 0 Å². The lowest BCUT2D eigenvalue weighted by Crippen LogP contribution is -2.45. The van der Waals surface area contributed by atoms with Crippen LogP contribution in [0.15, 0.2) is 0 Å². The largest absolute Gasteiger partial charge is 0.390 e. The smallest absolute Gasteiger partial charge is 0.117 e. The first-order valence-electron chi connectivity index (χ1n) is 3.57. The quantitative estimate of drug-likeness (QED) is 0.543. The van der Waals surface area contributed by atoms with E-state index in [4.69, 9.17) is 4.74 Å². The molecule has 10 heavy (non-hydrogen) atoms. The van der Waals surface area contributed by atoms with Gasteiger partial charge >= 0.3 is 0 Å². The van der Waals surface area contributed by atoms with E-state index in [1.165, 1.54) is 0 Å². The van der Waals surface area contributed by atoms with E-state index in [0.717, 1.165) is 0 Å². The van der Waals surface area contributed by atoms with Crippen LogP contribution in [0.25, 0.3) is 0 Å². The Labute approximate surface area is 60.6 Å². The van der Waals surface area contributed by atoms with Crippen LogP contribution in [0.5, 0.6) is 0 Å². The summed E-state index contributed by atoms with van der Waals surface area (Å²) in [6, 6.07) is 0. The lowest BCUT2D eigenvalue weighted by molar-refractivity contribution is -0.114. The fourth-order valence-electron chi connectivity index (χ4n) is 1.17. The molecule has 60 valence electrons. The van der Waals surface area contributed by atoms with Crippen LogP contribution in [0.3, 0.4) is 0 Å². The number of rotatable bonds is 1. The minimum absolute atomic E-state index is 0.521. The first-order chi connectivity index (χ1) is 4.57. The molecule has 0 radical (unpaired) electrons. The molecule has 3 atom stereocenters. The van der Waals surface area contributed by atoms with E-state index in [1.54, 1.807) is 13.8 Å². The number of aliphatic hydroxyl groups is 2. The van der Waals surface area contributed by atoms with Crippen molar-refractivity contribution in [3.05, 3.63) is 0 Å². The summed E-state index contributed by atoms with van der Waals surface area (Å²) >= 11 is 0. The van der Waals surface area contributed by atoms with Gasteiger partial charge in [-0.2, -0.15) is 0 Å². The SMILES string of the molecule is C[C@H](O)[C@]1(C)OCC[C@@H]1O. The van der Waals surface area contributed by atoms with Gasteiger partial charge in [0.1, 0.15) is 5.60 Å². The highest BCUT2D eigenvalue weighted by Crippen LogP contribution is 2.28. The molecule has 3 nitrogen and oxygen atoms in total. The molecule has 3 heteroatoms. The van der Waals surface area contributed by atoms with Gasteiger partial charge in [-0.25, -0.2) is 0 Å². The van der Waals surface area contributed by atoms with Crippen LogP contribution >= 0.6 is 0 Å². The van der Waals surface area contributed by atoms with Gasteiger partial charge < -0.3 is 14.9 Å². The molecule has 0 aromatic rings. The molecule has 0 aliphatic carbocycles. The molecule has 1 aliphatic rings. The van der Waals surface area contributed by atoms with Crippen molar-refractivity contribution in [1.82, 2.24) is 0 Å². The monoisotopic (exact) mass is 146 g/mol. The van der Waals surface area contributed by atoms with Crippen LogP contribution < -0.4 is 0 Å². The van der Waals surface area contributed by atoms with Gasteiger partial charge in [-0.3, -0.25) is 0 Å². The highest BCUT2D eigenvalue weighted by molar-refractivity contribution is 4.92. The molecule has 1 rings (SSSR count). The average Bonchev–Trinajstić information content (AvgIpc) is 2.15. The summed E-state index contributed by atoms with van der Waals surface area (Å²) in [4.78, 5) is 0. The van der Waals surface area contributed by atoms with Gasteiger partial charge in [0.05, 0.1) is 18.8 Å². The zero-order chi connectivity index (χ0) is 7.78. The molecule has 0 aromatic heterocycles. The van der Waals surface area contributed by atoms with Crippen molar-refractivity contribution in [1.29, 1.82) is 0 Å². The van der Waals surface area contributed by atoms with Gasteiger partial charge in [0.15, 0.2) is 0 Å². The highest BCUT2D eigenvalue weighted by atomic mass is 16.5. The molecule has 0 spiro atoms. The van der Waals surface area contributed by atoms with Crippen LogP contribution in [-0.4, -0.2) is 34.6 Å². The third-order valence-electron chi connectivity index (χ3n) is 2.30. The van der Waals surface area contributed by atoms with E-state index in [2.05, 4.69) is 0 Å². The fraction of sp³-hybridized carbons (Fsp3) is 1.00. The summed E-state index contributed by atoms with van der Waals surface area (Å²) in [5.41, 5.74) is -0.736. The minimum atomic E-state index is -0.736. The van der Waals surface area contributed by atoms with E-state index in [-0.39, 0.29) is 0 Å². The molecule has 1 aliphatic heterocycles. The van der Waals surface area contributed by atoms with E-state index in [9.17, 15) is 10.2 Å². The Bertz CT molecular complexity index is 124. The van der Waals surface area contributed by atoms with Gasteiger partial charge in [-0.1, -0.05) is 0 Å². The highest BCUT2D eigenvalue weighted by Gasteiger charge is 2.42. The normalized spacial score (nSPS) is 43.8. The lowest BCUT2D eigenvalue weighted by Gasteiger charge is -2.29. The van der Waals surface area contributed by atoms with Crippen LogP contribution in [-0.2, 0) is 4.74 Å². The predicted octanol–water partition coefficient (Wildman–Crippen LogP) is -0.0929. The minimum Gasteiger partial charge on any atom is -0.390 e. The summed E-state index contributed by atoms with van der Waals surface area (Å²) < 4.78 is 5.21. The number of ether oxygens (including phenoxy) is 1. The second-order valence-electron chi connectivity index (χ2n) is 3.01. The molecule has 2 N–H and O–H groups in total. The van der Waals surface area contributed by atoms with Crippen molar-refractivity contribution in [3.63, 3.8) is 0 Å². The van der Waals surface area contributed by atoms with Gasteiger partial charge in [0, 0.05) is 0 Å². The maximum Gasteiger partial charge on any atom is 0.117 e. The van der Waals surface area contributed by atoms with Gasteiger partial charge in [0.25, 0.3) is 0 Å². The zero-order valence-electron chi connectivity index (χ0n) is 6.37. The van der Waals surface area contributed by atoms with E-state index >= 15 is 0 Å². The lowest BCUT2D eigenvalue weighted by atomic mass is 9.94. The van der Waals surface area contributed by atoms with Crippen LogP contribution in [0.2, 0.25) is 0 Å². The van der Waals surface area contributed by atoms with Gasteiger partial charge in [-0.15, -0.1) is 0 Å². The third-order valence-corrected chi connectivity index (χ3v) is 2.30. The van der Waals surface area contributed by atoms with Crippen LogP contribution in [0, 0.1) is 0 Å². The fourth-order valence-corrected chi connectivity index (χ4v) is 1.17. The average molecular weight is 146 g/mol. The third kappa shape index (κ3) is 1.05. The topological polar surface area (TPSA) is 49.7 Å². The summed E-state index contributed by atoms with van der Waals surface area (Å²) in [7, 11) is 0. The molecule has 1 fully saturated rings. The number of hydrogen-bond acceptors (Lipinski definition) is 3. The molecule has 0 aromatic carbocycles. The molecule has 0 amide bonds. The molecule has 1 saturated heterocycles. The van der Waals surface area contributed by atoms with Crippen molar-refractivity contribution in [2.45, 2.75) is 38.1 Å². The second kappa shape index (κ2) is 2.49. The standard InChI is InChI=1S/C7H14O3/c1-5(8)7(2)6(9)3-4-10-7/h5-6,8-9H,3-4H2,1-2H3/t5-,6-,7-/m0/s1. The molecule has 0 unspecified atom stereocenters.